The standard InChI is InChI=1S/C17H19NO3/c1-4-21-17(20)15-10-14(16(19)18-12(15)3)9-13-7-5-6-11(2)8-13/h5-8,10H,4,9H2,1-3H3,(H,18,19). The molecule has 1 heterocycles. The van der Waals surface area contributed by atoms with Gasteiger partial charge in [0, 0.05) is 17.7 Å². The molecule has 0 aliphatic heterocycles. The molecular weight excluding hydrogens is 266 g/mol. The molecule has 1 aromatic carbocycles. The van der Waals surface area contributed by atoms with E-state index in [1.165, 1.54) is 0 Å². The lowest BCUT2D eigenvalue weighted by Crippen LogP contribution is -2.19. The van der Waals surface area contributed by atoms with Crippen LogP contribution in [0.15, 0.2) is 35.1 Å². The number of ether oxygens (including phenoxy) is 1. The van der Waals surface area contributed by atoms with E-state index in [0.717, 1.165) is 11.1 Å². The highest BCUT2D eigenvalue weighted by Gasteiger charge is 2.14. The molecule has 4 heteroatoms. The van der Waals surface area contributed by atoms with Crippen LogP contribution in [0.25, 0.3) is 0 Å². The summed E-state index contributed by atoms with van der Waals surface area (Å²) in [7, 11) is 0. The largest absolute Gasteiger partial charge is 0.462 e. The van der Waals surface area contributed by atoms with Crippen LogP contribution in [-0.2, 0) is 11.2 Å². The summed E-state index contributed by atoms with van der Waals surface area (Å²) >= 11 is 0. The van der Waals surface area contributed by atoms with Crippen LogP contribution in [0.5, 0.6) is 0 Å². The number of esters is 1. The van der Waals surface area contributed by atoms with Gasteiger partial charge in [-0.1, -0.05) is 29.8 Å². The Morgan fingerprint density at radius 3 is 2.67 bits per heavy atom. The molecule has 0 aliphatic carbocycles. The van der Waals surface area contributed by atoms with Gasteiger partial charge in [-0.25, -0.2) is 4.79 Å². The number of aromatic amines is 1. The normalized spacial score (nSPS) is 10.4. The highest BCUT2D eigenvalue weighted by molar-refractivity contribution is 5.90. The summed E-state index contributed by atoms with van der Waals surface area (Å²) in [6, 6.07) is 9.60. The maximum Gasteiger partial charge on any atom is 0.339 e. The predicted molar refractivity (Wildman–Crippen MR) is 81.7 cm³/mol. The summed E-state index contributed by atoms with van der Waals surface area (Å²) in [4.78, 5) is 26.7. The van der Waals surface area contributed by atoms with E-state index in [-0.39, 0.29) is 5.56 Å². The fraction of sp³-hybridized carbons (Fsp3) is 0.294. The zero-order valence-electron chi connectivity index (χ0n) is 12.5. The summed E-state index contributed by atoms with van der Waals surface area (Å²) in [5.74, 6) is -0.406. The fourth-order valence-electron chi connectivity index (χ4n) is 2.26. The molecule has 0 saturated carbocycles. The van der Waals surface area contributed by atoms with Gasteiger partial charge in [0.25, 0.3) is 5.56 Å². The van der Waals surface area contributed by atoms with Crippen molar-refractivity contribution in [3.8, 4) is 0 Å². The zero-order valence-corrected chi connectivity index (χ0v) is 12.5. The third-order valence-corrected chi connectivity index (χ3v) is 3.29. The van der Waals surface area contributed by atoms with Crippen LogP contribution in [-0.4, -0.2) is 17.6 Å². The van der Waals surface area contributed by atoms with Crippen molar-refractivity contribution < 1.29 is 9.53 Å². The van der Waals surface area contributed by atoms with Crippen LogP contribution < -0.4 is 5.56 Å². The Kier molecular flexibility index (Phi) is 4.58. The minimum atomic E-state index is -0.406. The van der Waals surface area contributed by atoms with Crippen molar-refractivity contribution in [2.24, 2.45) is 0 Å². The van der Waals surface area contributed by atoms with Crippen molar-refractivity contribution >= 4 is 5.97 Å². The molecule has 21 heavy (non-hydrogen) atoms. The number of benzene rings is 1. The lowest BCUT2D eigenvalue weighted by atomic mass is 10.0. The Labute approximate surface area is 123 Å². The summed E-state index contributed by atoms with van der Waals surface area (Å²) in [6.45, 7) is 5.77. The first-order valence-corrected chi connectivity index (χ1v) is 6.96. The van der Waals surface area contributed by atoms with Crippen molar-refractivity contribution in [1.82, 2.24) is 4.98 Å². The maximum atomic E-state index is 12.1. The van der Waals surface area contributed by atoms with Crippen LogP contribution >= 0.6 is 0 Å². The zero-order chi connectivity index (χ0) is 15.4. The molecule has 1 aromatic heterocycles. The maximum absolute atomic E-state index is 12.1. The van der Waals surface area contributed by atoms with E-state index in [1.54, 1.807) is 19.9 Å². The number of aryl methyl sites for hydroxylation is 2. The molecule has 0 amide bonds. The van der Waals surface area contributed by atoms with Crippen molar-refractivity contribution in [2.75, 3.05) is 6.61 Å². The van der Waals surface area contributed by atoms with Gasteiger partial charge in [0.1, 0.15) is 0 Å². The predicted octanol–water partition coefficient (Wildman–Crippen LogP) is 2.76. The van der Waals surface area contributed by atoms with E-state index < -0.39 is 5.97 Å². The van der Waals surface area contributed by atoms with Gasteiger partial charge in [0.05, 0.1) is 12.2 Å². The Balaban J connectivity index is 2.37. The van der Waals surface area contributed by atoms with Gasteiger partial charge in [-0.3, -0.25) is 4.79 Å². The van der Waals surface area contributed by atoms with E-state index in [1.807, 2.05) is 31.2 Å². The van der Waals surface area contributed by atoms with E-state index in [2.05, 4.69) is 4.98 Å². The van der Waals surface area contributed by atoms with Crippen molar-refractivity contribution in [3.05, 3.63) is 68.6 Å². The molecule has 0 aliphatic rings. The van der Waals surface area contributed by atoms with Gasteiger partial charge in [-0.05, 0) is 32.4 Å². The number of hydrogen-bond donors (Lipinski definition) is 1. The molecular formula is C17H19NO3. The van der Waals surface area contributed by atoms with Gasteiger partial charge in [0.15, 0.2) is 0 Å². The molecule has 0 atom stereocenters. The molecule has 0 bridgehead atoms. The van der Waals surface area contributed by atoms with E-state index in [4.69, 9.17) is 4.74 Å². The Bertz CT molecular complexity index is 716. The number of pyridine rings is 1. The number of carbonyl (C=O) groups excluding carboxylic acids is 1. The Morgan fingerprint density at radius 2 is 2.00 bits per heavy atom. The lowest BCUT2D eigenvalue weighted by molar-refractivity contribution is 0.0524. The average molecular weight is 285 g/mol. The van der Waals surface area contributed by atoms with E-state index in [9.17, 15) is 9.59 Å². The third kappa shape index (κ3) is 3.60. The van der Waals surface area contributed by atoms with Gasteiger partial charge < -0.3 is 9.72 Å². The summed E-state index contributed by atoms with van der Waals surface area (Å²) < 4.78 is 5.01. The van der Waals surface area contributed by atoms with E-state index >= 15 is 0 Å². The van der Waals surface area contributed by atoms with Crippen molar-refractivity contribution in [3.63, 3.8) is 0 Å². The number of H-pyrrole nitrogens is 1. The first-order chi connectivity index (χ1) is 10.0. The Morgan fingerprint density at radius 1 is 1.24 bits per heavy atom. The Hall–Kier alpha value is -2.36. The minimum Gasteiger partial charge on any atom is -0.462 e. The number of nitrogens with one attached hydrogen (secondary N) is 1. The number of aromatic nitrogens is 1. The van der Waals surface area contributed by atoms with Gasteiger partial charge in [-0.2, -0.15) is 0 Å². The van der Waals surface area contributed by atoms with Crippen LogP contribution in [0.1, 0.15) is 39.7 Å². The second-order valence-corrected chi connectivity index (χ2v) is 5.05. The summed E-state index contributed by atoms with van der Waals surface area (Å²) in [6.07, 6.45) is 0.490. The average Bonchev–Trinajstić information content (AvgIpc) is 2.42. The number of hydrogen-bond acceptors (Lipinski definition) is 3. The molecule has 0 radical (unpaired) electrons. The monoisotopic (exact) mass is 285 g/mol. The number of rotatable bonds is 4. The molecule has 2 rings (SSSR count). The van der Waals surface area contributed by atoms with Gasteiger partial charge in [-0.15, -0.1) is 0 Å². The summed E-state index contributed by atoms with van der Waals surface area (Å²) in [5, 5.41) is 0. The molecule has 2 aromatic rings. The fourth-order valence-corrected chi connectivity index (χ4v) is 2.26. The molecule has 4 nitrogen and oxygen atoms in total. The number of carbonyl (C=O) groups is 1. The van der Waals surface area contributed by atoms with E-state index in [0.29, 0.717) is 29.8 Å². The second-order valence-electron chi connectivity index (χ2n) is 5.05. The molecule has 0 saturated heterocycles. The molecule has 110 valence electrons. The topological polar surface area (TPSA) is 59.2 Å². The highest BCUT2D eigenvalue weighted by Crippen LogP contribution is 2.12. The SMILES string of the molecule is CCOC(=O)c1cc(Cc2cccc(C)c2)c(=O)[nH]c1C. The van der Waals surface area contributed by atoms with Crippen LogP contribution in [0.3, 0.4) is 0 Å². The quantitative estimate of drug-likeness (QED) is 0.879. The molecule has 0 spiro atoms. The van der Waals surface area contributed by atoms with Gasteiger partial charge >= 0.3 is 5.97 Å². The molecule has 0 unspecified atom stereocenters. The first kappa shape index (κ1) is 15.0. The van der Waals surface area contributed by atoms with Crippen LogP contribution in [0.4, 0.5) is 0 Å². The van der Waals surface area contributed by atoms with Crippen LogP contribution in [0, 0.1) is 13.8 Å². The molecule has 1 N–H and O–H groups in total. The highest BCUT2D eigenvalue weighted by atomic mass is 16.5. The van der Waals surface area contributed by atoms with Crippen molar-refractivity contribution in [1.29, 1.82) is 0 Å². The van der Waals surface area contributed by atoms with Crippen molar-refractivity contribution in [2.45, 2.75) is 27.2 Å². The first-order valence-electron chi connectivity index (χ1n) is 6.96. The third-order valence-electron chi connectivity index (χ3n) is 3.29. The lowest BCUT2D eigenvalue weighted by Gasteiger charge is -2.08. The second kappa shape index (κ2) is 6.39. The minimum absolute atomic E-state index is 0.165. The molecule has 0 fully saturated rings. The summed E-state index contributed by atoms with van der Waals surface area (Å²) in [5.41, 5.74) is 3.53. The van der Waals surface area contributed by atoms with Crippen LogP contribution in [0.2, 0.25) is 0 Å². The smallest absolute Gasteiger partial charge is 0.339 e. The van der Waals surface area contributed by atoms with Gasteiger partial charge in [0.2, 0.25) is 0 Å².